The van der Waals surface area contributed by atoms with Gasteiger partial charge in [0.2, 0.25) is 11.8 Å². The van der Waals surface area contributed by atoms with Crippen molar-refractivity contribution < 1.29 is 28.7 Å². The third-order valence-electron chi connectivity index (χ3n) is 11.4. The normalized spacial score (nSPS) is 18.1. The second-order valence-electron chi connectivity index (χ2n) is 15.8. The molecule has 0 bridgehead atoms. The zero-order valence-corrected chi connectivity index (χ0v) is 33.6. The Morgan fingerprint density at radius 3 is 1.91 bits per heavy atom. The Hall–Kier alpha value is -5.92. The molecule has 2 fully saturated rings. The summed E-state index contributed by atoms with van der Waals surface area (Å²) in [7, 11) is 2.59. The summed E-state index contributed by atoms with van der Waals surface area (Å²) >= 11 is 0. The van der Waals surface area contributed by atoms with Crippen molar-refractivity contribution in [3.05, 3.63) is 71.9 Å². The standard InChI is InChI=1S/C43H52N8O6/c1-23(2)35(48-42(54)56-6)40(52)50-18-8-10-33(50)38-44-22-32(46-38)29-15-12-26(20-25(29)5)27-13-16-30-28(21-27)14-17-31-37(30)47-39(45-31)34-11-9-19-51(34)41(53)36(24(3)4)49-43(55)57-7/h12-17,20-24,33-36H,8-11,18-19H2,1-7H3,(H,44,46)(H,45,47)(H,48,54)(H,49,55)/t33-,34-,35-,36-/m0/s1. The van der Waals surface area contributed by atoms with Crippen LogP contribution in [-0.2, 0) is 19.1 Å². The van der Waals surface area contributed by atoms with Crippen LogP contribution in [0.25, 0.3) is 44.2 Å². The van der Waals surface area contributed by atoms with Crippen LogP contribution in [0.3, 0.4) is 0 Å². The molecule has 0 aliphatic carbocycles. The predicted octanol–water partition coefficient (Wildman–Crippen LogP) is 7.17. The summed E-state index contributed by atoms with van der Waals surface area (Å²) in [6, 6.07) is 15.1. The van der Waals surface area contributed by atoms with Crippen LogP contribution in [-0.4, -0.2) is 93.1 Å². The number of imidazole rings is 2. The van der Waals surface area contributed by atoms with Gasteiger partial charge in [0.15, 0.2) is 0 Å². The van der Waals surface area contributed by atoms with Crippen LogP contribution in [0.1, 0.15) is 82.7 Å². The van der Waals surface area contributed by atoms with Gasteiger partial charge in [0.05, 0.1) is 49.2 Å². The summed E-state index contributed by atoms with van der Waals surface area (Å²) in [6.07, 6.45) is 3.82. The Bertz CT molecular complexity index is 2310. The molecule has 300 valence electrons. The molecule has 4 N–H and O–H groups in total. The molecule has 14 nitrogen and oxygen atoms in total. The first-order valence-electron chi connectivity index (χ1n) is 19.8. The molecule has 0 radical (unpaired) electrons. The fraction of sp³-hybridized carbons (Fsp3) is 0.442. The summed E-state index contributed by atoms with van der Waals surface area (Å²) in [5.41, 5.74) is 6.87. The van der Waals surface area contributed by atoms with Crippen LogP contribution in [0.5, 0.6) is 0 Å². The molecule has 4 heterocycles. The molecular formula is C43H52N8O6. The van der Waals surface area contributed by atoms with Crippen molar-refractivity contribution in [2.24, 2.45) is 11.8 Å². The maximum Gasteiger partial charge on any atom is 0.407 e. The molecule has 2 aromatic heterocycles. The van der Waals surface area contributed by atoms with Gasteiger partial charge in [0.25, 0.3) is 0 Å². The third-order valence-corrected chi connectivity index (χ3v) is 11.4. The van der Waals surface area contributed by atoms with Crippen molar-refractivity contribution >= 4 is 45.8 Å². The Morgan fingerprint density at radius 2 is 1.33 bits per heavy atom. The maximum atomic E-state index is 13.7. The lowest BCUT2D eigenvalue weighted by atomic mass is 9.96. The number of aromatic nitrogens is 4. The van der Waals surface area contributed by atoms with Crippen molar-refractivity contribution in [2.75, 3.05) is 27.3 Å². The molecule has 0 spiro atoms. The van der Waals surface area contributed by atoms with Gasteiger partial charge in [-0.25, -0.2) is 19.6 Å². The summed E-state index contributed by atoms with van der Waals surface area (Å²) in [4.78, 5) is 71.7. The predicted molar refractivity (Wildman–Crippen MR) is 217 cm³/mol. The van der Waals surface area contributed by atoms with E-state index in [-0.39, 0.29) is 35.7 Å². The average Bonchev–Trinajstić information content (AvgIpc) is 4.04. The lowest BCUT2D eigenvalue weighted by molar-refractivity contribution is -0.136. The smallest absolute Gasteiger partial charge is 0.407 e. The largest absolute Gasteiger partial charge is 0.453 e. The van der Waals surface area contributed by atoms with Gasteiger partial charge in [-0.15, -0.1) is 0 Å². The number of alkyl carbamates (subject to hydrolysis) is 2. The number of ether oxygens (including phenoxy) is 2. The van der Waals surface area contributed by atoms with E-state index >= 15 is 0 Å². The molecule has 2 saturated heterocycles. The number of aromatic amines is 2. The highest BCUT2D eigenvalue weighted by atomic mass is 16.5. The lowest BCUT2D eigenvalue weighted by Gasteiger charge is -2.30. The van der Waals surface area contributed by atoms with Crippen LogP contribution >= 0.6 is 0 Å². The second kappa shape index (κ2) is 16.3. The molecule has 0 saturated carbocycles. The fourth-order valence-corrected chi connectivity index (χ4v) is 8.33. The Labute approximate surface area is 332 Å². The molecule has 2 aliphatic rings. The van der Waals surface area contributed by atoms with Crippen LogP contribution in [0, 0.1) is 18.8 Å². The van der Waals surface area contributed by atoms with Gasteiger partial charge in [-0.2, -0.15) is 0 Å². The molecule has 0 unspecified atom stereocenters. The number of benzene rings is 3. The number of aryl methyl sites for hydroxylation is 1. The first-order chi connectivity index (χ1) is 27.4. The number of fused-ring (bicyclic) bond motifs is 3. The Balaban J connectivity index is 1.09. The van der Waals surface area contributed by atoms with Gasteiger partial charge in [-0.1, -0.05) is 64.1 Å². The van der Waals surface area contributed by atoms with Gasteiger partial charge in [0, 0.05) is 24.0 Å². The molecule has 14 heteroatoms. The number of likely N-dealkylation sites (tertiary alicyclic amines) is 2. The summed E-state index contributed by atoms with van der Waals surface area (Å²) in [5, 5.41) is 7.49. The summed E-state index contributed by atoms with van der Waals surface area (Å²) in [5.74, 6) is 0.968. The number of methoxy groups -OCH3 is 2. The van der Waals surface area contributed by atoms with Crippen molar-refractivity contribution in [2.45, 2.75) is 84.5 Å². The van der Waals surface area contributed by atoms with Crippen LogP contribution in [0.2, 0.25) is 0 Å². The van der Waals surface area contributed by atoms with E-state index in [9.17, 15) is 19.2 Å². The number of carbonyl (C=O) groups is 4. The highest BCUT2D eigenvalue weighted by molar-refractivity contribution is 6.05. The van der Waals surface area contributed by atoms with Crippen molar-refractivity contribution in [3.8, 4) is 22.4 Å². The number of carbonyl (C=O) groups excluding carboxylic acids is 4. The second-order valence-corrected chi connectivity index (χ2v) is 15.8. The van der Waals surface area contributed by atoms with Gasteiger partial charge >= 0.3 is 12.2 Å². The van der Waals surface area contributed by atoms with E-state index in [4.69, 9.17) is 19.4 Å². The zero-order chi connectivity index (χ0) is 40.5. The van der Waals surface area contributed by atoms with Crippen LogP contribution < -0.4 is 10.6 Å². The number of nitrogens with zero attached hydrogens (tertiary/aromatic N) is 4. The number of rotatable bonds is 10. The van der Waals surface area contributed by atoms with E-state index in [1.54, 1.807) is 0 Å². The summed E-state index contributed by atoms with van der Waals surface area (Å²) < 4.78 is 9.56. The minimum absolute atomic E-state index is 0.109. The minimum Gasteiger partial charge on any atom is -0.453 e. The molecule has 4 atom stereocenters. The Kier molecular flexibility index (Phi) is 11.2. The minimum atomic E-state index is -0.696. The van der Waals surface area contributed by atoms with Crippen molar-refractivity contribution in [3.63, 3.8) is 0 Å². The summed E-state index contributed by atoms with van der Waals surface area (Å²) in [6.45, 7) is 10.9. The SMILES string of the molecule is COC(=O)N[C@H](C(=O)N1CCC[C@H]1c1ncc(-c2ccc(-c3ccc4c(ccc5[nH]c([C@@H]6CCCN6C(=O)[C@@H](NC(=O)OC)C(C)C)nc54)c3)cc2C)[nH]1)C(C)C. The molecule has 7 rings (SSSR count). The maximum absolute atomic E-state index is 13.7. The van der Waals surface area contributed by atoms with E-state index in [2.05, 4.69) is 70.0 Å². The third kappa shape index (κ3) is 7.77. The Morgan fingerprint density at radius 1 is 0.754 bits per heavy atom. The van der Waals surface area contributed by atoms with E-state index in [1.807, 2.05) is 49.8 Å². The van der Waals surface area contributed by atoms with Gasteiger partial charge in [0.1, 0.15) is 23.7 Å². The van der Waals surface area contributed by atoms with Crippen LogP contribution in [0.4, 0.5) is 9.59 Å². The molecule has 3 aromatic carbocycles. The molecule has 4 amide bonds. The molecular weight excluding hydrogens is 725 g/mol. The van der Waals surface area contributed by atoms with Gasteiger partial charge < -0.3 is 39.9 Å². The van der Waals surface area contributed by atoms with Gasteiger partial charge in [-0.05, 0) is 78.7 Å². The van der Waals surface area contributed by atoms with Gasteiger partial charge in [-0.3, -0.25) is 9.59 Å². The van der Waals surface area contributed by atoms with E-state index in [1.165, 1.54) is 14.2 Å². The number of hydrogen-bond acceptors (Lipinski definition) is 8. The monoisotopic (exact) mass is 776 g/mol. The number of H-pyrrole nitrogens is 2. The topological polar surface area (TPSA) is 175 Å². The fourth-order valence-electron chi connectivity index (χ4n) is 8.33. The van der Waals surface area contributed by atoms with Crippen molar-refractivity contribution in [1.82, 2.24) is 40.4 Å². The number of amides is 4. The quantitative estimate of drug-likeness (QED) is 0.116. The molecule has 5 aromatic rings. The zero-order valence-electron chi connectivity index (χ0n) is 33.6. The molecule has 2 aliphatic heterocycles. The van der Waals surface area contributed by atoms with E-state index in [0.717, 1.165) is 87.1 Å². The highest BCUT2D eigenvalue weighted by Crippen LogP contribution is 2.37. The highest BCUT2D eigenvalue weighted by Gasteiger charge is 2.39. The van der Waals surface area contributed by atoms with Crippen molar-refractivity contribution in [1.29, 1.82) is 0 Å². The average molecular weight is 777 g/mol. The van der Waals surface area contributed by atoms with E-state index in [0.29, 0.717) is 13.1 Å². The lowest BCUT2D eigenvalue weighted by Crippen LogP contribution is -2.51. The molecule has 57 heavy (non-hydrogen) atoms. The van der Waals surface area contributed by atoms with E-state index < -0.39 is 24.3 Å². The van der Waals surface area contributed by atoms with Crippen LogP contribution in [0.15, 0.2) is 54.7 Å². The first-order valence-corrected chi connectivity index (χ1v) is 19.8. The number of nitrogens with one attached hydrogen (secondary N) is 4. The number of hydrogen-bond donors (Lipinski definition) is 4. The first kappa shape index (κ1) is 39.3.